The lowest BCUT2D eigenvalue weighted by atomic mass is 9.93. The van der Waals surface area contributed by atoms with Crippen molar-refractivity contribution in [2.24, 2.45) is 5.92 Å². The van der Waals surface area contributed by atoms with Crippen molar-refractivity contribution < 1.29 is 4.39 Å². The van der Waals surface area contributed by atoms with Crippen molar-refractivity contribution in [2.75, 3.05) is 6.54 Å². The minimum atomic E-state index is -0.195. The van der Waals surface area contributed by atoms with Gasteiger partial charge in [0.05, 0.1) is 4.47 Å². The van der Waals surface area contributed by atoms with E-state index in [4.69, 9.17) is 0 Å². The van der Waals surface area contributed by atoms with Gasteiger partial charge in [-0.3, -0.25) is 0 Å². The second kappa shape index (κ2) is 8.70. The zero-order valence-electron chi connectivity index (χ0n) is 12.2. The van der Waals surface area contributed by atoms with Crippen LogP contribution in [0.5, 0.6) is 0 Å². The summed E-state index contributed by atoms with van der Waals surface area (Å²) in [7, 11) is 0. The molecule has 0 saturated heterocycles. The first-order valence-corrected chi connectivity index (χ1v) is 8.06. The highest BCUT2D eigenvalue weighted by Gasteiger charge is 2.15. The Bertz CT molecular complexity index is 381. The predicted octanol–water partition coefficient (Wildman–Crippen LogP) is 5.46. The first kappa shape index (κ1) is 16.6. The van der Waals surface area contributed by atoms with E-state index in [-0.39, 0.29) is 5.82 Å². The highest BCUT2D eigenvalue weighted by Crippen LogP contribution is 2.27. The Kier molecular flexibility index (Phi) is 7.62. The molecule has 3 heteroatoms. The van der Waals surface area contributed by atoms with E-state index in [1.54, 1.807) is 6.07 Å². The third kappa shape index (κ3) is 5.62. The molecule has 2 unspecified atom stereocenters. The van der Waals surface area contributed by atoms with Crippen LogP contribution in [0.4, 0.5) is 4.39 Å². The maximum atomic E-state index is 13.3. The summed E-state index contributed by atoms with van der Waals surface area (Å²) in [6.45, 7) is 7.68. The molecule has 0 aliphatic rings. The van der Waals surface area contributed by atoms with Crippen LogP contribution in [0.1, 0.15) is 58.1 Å². The average molecular weight is 330 g/mol. The maximum absolute atomic E-state index is 13.3. The van der Waals surface area contributed by atoms with E-state index in [1.807, 2.05) is 12.1 Å². The van der Waals surface area contributed by atoms with Gasteiger partial charge in [0.25, 0.3) is 0 Å². The molecule has 0 heterocycles. The summed E-state index contributed by atoms with van der Waals surface area (Å²) in [4.78, 5) is 0. The summed E-state index contributed by atoms with van der Waals surface area (Å²) < 4.78 is 13.9. The van der Waals surface area contributed by atoms with Gasteiger partial charge in [-0.25, -0.2) is 4.39 Å². The van der Waals surface area contributed by atoms with E-state index in [2.05, 4.69) is 42.0 Å². The monoisotopic (exact) mass is 329 g/mol. The molecule has 1 nitrogen and oxygen atoms in total. The van der Waals surface area contributed by atoms with Gasteiger partial charge >= 0.3 is 0 Å². The second-order valence-electron chi connectivity index (χ2n) is 5.31. The predicted molar refractivity (Wildman–Crippen MR) is 83.8 cm³/mol. The Balaban J connectivity index is 2.79. The molecule has 108 valence electrons. The van der Waals surface area contributed by atoms with Crippen molar-refractivity contribution in [3.05, 3.63) is 34.1 Å². The zero-order chi connectivity index (χ0) is 14.3. The molecule has 0 spiro atoms. The summed E-state index contributed by atoms with van der Waals surface area (Å²) in [5, 5.41) is 3.58. The molecule has 19 heavy (non-hydrogen) atoms. The molecule has 0 aliphatic carbocycles. The molecule has 0 amide bonds. The van der Waals surface area contributed by atoms with Crippen LogP contribution in [0.15, 0.2) is 22.7 Å². The summed E-state index contributed by atoms with van der Waals surface area (Å²) >= 11 is 3.28. The quantitative estimate of drug-likeness (QED) is 0.668. The normalized spacial score (nSPS) is 14.4. The van der Waals surface area contributed by atoms with Crippen LogP contribution in [0.25, 0.3) is 0 Å². The lowest BCUT2D eigenvalue weighted by Crippen LogP contribution is -2.24. The fourth-order valence-electron chi connectivity index (χ4n) is 2.40. The van der Waals surface area contributed by atoms with Crippen molar-refractivity contribution in [2.45, 2.75) is 52.5 Å². The van der Waals surface area contributed by atoms with Crippen LogP contribution in [0.3, 0.4) is 0 Å². The number of benzene rings is 1. The minimum absolute atomic E-state index is 0.195. The van der Waals surface area contributed by atoms with Gasteiger partial charge in [-0.2, -0.15) is 0 Å². The van der Waals surface area contributed by atoms with Gasteiger partial charge in [0.1, 0.15) is 5.82 Å². The molecule has 1 aromatic rings. The standard InChI is InChI=1S/C16H25BrFN/c1-4-6-12(3)10-16(19-9-5-2)13-7-8-15(18)14(17)11-13/h7-8,11-12,16,19H,4-6,9-10H2,1-3H3. The van der Waals surface area contributed by atoms with Crippen molar-refractivity contribution in [3.63, 3.8) is 0 Å². The van der Waals surface area contributed by atoms with Gasteiger partial charge < -0.3 is 5.32 Å². The Hall–Kier alpha value is -0.410. The van der Waals surface area contributed by atoms with E-state index < -0.39 is 0 Å². The van der Waals surface area contributed by atoms with Crippen LogP contribution in [-0.2, 0) is 0 Å². The fourth-order valence-corrected chi connectivity index (χ4v) is 2.79. The smallest absolute Gasteiger partial charge is 0.137 e. The topological polar surface area (TPSA) is 12.0 Å². The number of nitrogens with one attached hydrogen (secondary N) is 1. The number of hydrogen-bond donors (Lipinski definition) is 1. The molecule has 0 aliphatic heterocycles. The van der Waals surface area contributed by atoms with Crippen LogP contribution in [0, 0.1) is 11.7 Å². The summed E-state index contributed by atoms with van der Waals surface area (Å²) in [6.07, 6.45) is 4.67. The van der Waals surface area contributed by atoms with Crippen molar-refractivity contribution in [1.82, 2.24) is 5.32 Å². The van der Waals surface area contributed by atoms with Crippen molar-refractivity contribution in [1.29, 1.82) is 0 Å². The SMILES string of the molecule is CCCNC(CC(C)CCC)c1ccc(F)c(Br)c1. The van der Waals surface area contributed by atoms with Gasteiger partial charge in [0.2, 0.25) is 0 Å². The first-order valence-electron chi connectivity index (χ1n) is 7.26. The zero-order valence-corrected chi connectivity index (χ0v) is 13.8. The van der Waals surface area contributed by atoms with Gasteiger partial charge in [-0.15, -0.1) is 0 Å². The van der Waals surface area contributed by atoms with Crippen LogP contribution < -0.4 is 5.32 Å². The maximum Gasteiger partial charge on any atom is 0.137 e. The molecule has 1 aromatic carbocycles. The van der Waals surface area contributed by atoms with Gasteiger partial charge in [0.15, 0.2) is 0 Å². The number of hydrogen-bond acceptors (Lipinski definition) is 1. The highest BCUT2D eigenvalue weighted by molar-refractivity contribution is 9.10. The van der Waals surface area contributed by atoms with E-state index >= 15 is 0 Å². The molecule has 2 atom stereocenters. The second-order valence-corrected chi connectivity index (χ2v) is 6.16. The molecule has 0 aromatic heterocycles. The molecular formula is C16H25BrFN. The summed E-state index contributed by atoms with van der Waals surface area (Å²) in [5.74, 6) is 0.489. The number of rotatable bonds is 8. The van der Waals surface area contributed by atoms with Gasteiger partial charge in [-0.05, 0) is 58.9 Å². The molecule has 1 rings (SSSR count). The molecule has 0 fully saturated rings. The van der Waals surface area contributed by atoms with E-state index in [0.29, 0.717) is 16.4 Å². The Labute approximate surface area is 125 Å². The highest BCUT2D eigenvalue weighted by atomic mass is 79.9. The average Bonchev–Trinajstić information content (AvgIpc) is 2.38. The Morgan fingerprint density at radius 2 is 2.00 bits per heavy atom. The molecule has 0 bridgehead atoms. The Morgan fingerprint density at radius 3 is 2.58 bits per heavy atom. The molecular weight excluding hydrogens is 305 g/mol. The van der Waals surface area contributed by atoms with Gasteiger partial charge in [-0.1, -0.05) is 39.7 Å². The van der Waals surface area contributed by atoms with Crippen molar-refractivity contribution >= 4 is 15.9 Å². The van der Waals surface area contributed by atoms with Crippen LogP contribution in [-0.4, -0.2) is 6.54 Å². The lowest BCUT2D eigenvalue weighted by molar-refractivity contribution is 0.390. The lowest BCUT2D eigenvalue weighted by Gasteiger charge is -2.23. The van der Waals surface area contributed by atoms with Crippen LogP contribution in [0.2, 0.25) is 0 Å². The fraction of sp³-hybridized carbons (Fsp3) is 0.625. The Morgan fingerprint density at radius 1 is 1.26 bits per heavy atom. The molecule has 0 radical (unpaired) electrons. The minimum Gasteiger partial charge on any atom is -0.310 e. The van der Waals surface area contributed by atoms with E-state index in [0.717, 1.165) is 19.4 Å². The van der Waals surface area contributed by atoms with Gasteiger partial charge in [0, 0.05) is 6.04 Å². The third-order valence-corrected chi connectivity index (χ3v) is 4.01. The van der Waals surface area contributed by atoms with E-state index in [1.165, 1.54) is 18.4 Å². The molecule has 0 saturated carbocycles. The third-order valence-electron chi connectivity index (χ3n) is 3.41. The van der Waals surface area contributed by atoms with E-state index in [9.17, 15) is 4.39 Å². The summed E-state index contributed by atoms with van der Waals surface area (Å²) in [5.41, 5.74) is 1.17. The van der Waals surface area contributed by atoms with Crippen LogP contribution >= 0.6 is 15.9 Å². The summed E-state index contributed by atoms with van der Waals surface area (Å²) in [6, 6.07) is 5.66. The largest absolute Gasteiger partial charge is 0.310 e. The first-order chi connectivity index (χ1) is 9.08. The van der Waals surface area contributed by atoms with Crippen molar-refractivity contribution in [3.8, 4) is 0 Å². The molecule has 1 N–H and O–H groups in total. The number of halogens is 2.